The summed E-state index contributed by atoms with van der Waals surface area (Å²) >= 11 is 0. The van der Waals surface area contributed by atoms with Crippen LogP contribution in [0.15, 0.2) is 12.1 Å². The maximum absolute atomic E-state index is 12.1. The maximum atomic E-state index is 12.1. The molecule has 1 aromatic rings. The van der Waals surface area contributed by atoms with Crippen LogP contribution in [0.25, 0.3) is 0 Å². The molecule has 8 heteroatoms. The number of rotatable bonds is 4. The summed E-state index contributed by atoms with van der Waals surface area (Å²) in [7, 11) is 2.95. The first kappa shape index (κ1) is 17.7. The summed E-state index contributed by atoms with van der Waals surface area (Å²) in [5.41, 5.74) is 0.394. The Morgan fingerprint density at radius 2 is 2.00 bits per heavy atom. The van der Waals surface area contributed by atoms with Crippen molar-refractivity contribution in [1.82, 2.24) is 5.32 Å². The molecule has 0 saturated carbocycles. The van der Waals surface area contributed by atoms with E-state index in [1.807, 2.05) is 0 Å². The minimum absolute atomic E-state index is 0.334. The summed E-state index contributed by atoms with van der Waals surface area (Å²) < 4.78 is 21.1. The van der Waals surface area contributed by atoms with E-state index in [9.17, 15) is 9.59 Å². The highest BCUT2D eigenvalue weighted by atomic mass is 16.6. The average molecular weight is 338 g/mol. The lowest BCUT2D eigenvalue weighted by atomic mass is 10.1. The fourth-order valence-corrected chi connectivity index (χ4v) is 2.25. The molecule has 1 aromatic carbocycles. The highest BCUT2D eigenvalue weighted by molar-refractivity contribution is 5.88. The van der Waals surface area contributed by atoms with Crippen LogP contribution >= 0.6 is 0 Å². The summed E-state index contributed by atoms with van der Waals surface area (Å²) in [6.45, 7) is 5.64. The van der Waals surface area contributed by atoms with Gasteiger partial charge in [-0.2, -0.15) is 0 Å². The van der Waals surface area contributed by atoms with E-state index in [1.165, 1.54) is 14.2 Å². The lowest BCUT2D eigenvalue weighted by Crippen LogP contribution is -2.27. The van der Waals surface area contributed by atoms with Crippen LogP contribution in [0.2, 0.25) is 0 Å². The van der Waals surface area contributed by atoms with Gasteiger partial charge in [-0.1, -0.05) is 0 Å². The van der Waals surface area contributed by atoms with Crippen molar-refractivity contribution in [2.75, 3.05) is 26.1 Å². The standard InChI is InChI=1S/C16H22N2O6/c1-16(2,3)24-15(20)18-10-6-9(12-8-17-14(19)23-12)7-11(21-4)13(10)22-5/h6-7,12H,8H2,1-5H3,(H,17,19)(H,18,20). The van der Waals surface area contributed by atoms with Crippen LogP contribution in [0.4, 0.5) is 15.3 Å². The van der Waals surface area contributed by atoms with Crippen molar-refractivity contribution in [2.45, 2.75) is 32.5 Å². The number of alkyl carbamates (subject to hydrolysis) is 1. The van der Waals surface area contributed by atoms with Crippen LogP contribution < -0.4 is 20.1 Å². The summed E-state index contributed by atoms with van der Waals surface area (Å²) in [4.78, 5) is 23.3. The first-order valence-corrected chi connectivity index (χ1v) is 7.44. The first-order chi connectivity index (χ1) is 11.2. The number of nitrogens with one attached hydrogen (secondary N) is 2. The molecular formula is C16H22N2O6. The molecule has 0 aromatic heterocycles. The van der Waals surface area contributed by atoms with Gasteiger partial charge in [-0.15, -0.1) is 0 Å². The second kappa shape index (κ2) is 6.86. The Hall–Kier alpha value is -2.64. The van der Waals surface area contributed by atoms with Crippen LogP contribution in [0.1, 0.15) is 32.4 Å². The van der Waals surface area contributed by atoms with Gasteiger partial charge in [0.1, 0.15) is 11.7 Å². The molecule has 132 valence electrons. The zero-order valence-electron chi connectivity index (χ0n) is 14.4. The second-order valence-electron chi connectivity index (χ2n) is 6.21. The van der Waals surface area contributed by atoms with Crippen molar-refractivity contribution in [3.63, 3.8) is 0 Å². The summed E-state index contributed by atoms with van der Waals surface area (Å²) in [5, 5.41) is 5.22. The third-order valence-corrected chi connectivity index (χ3v) is 3.19. The van der Waals surface area contributed by atoms with Gasteiger partial charge in [0, 0.05) is 5.56 Å². The molecule has 1 unspecified atom stereocenters. The van der Waals surface area contributed by atoms with Crippen LogP contribution in [-0.4, -0.2) is 38.6 Å². The van der Waals surface area contributed by atoms with E-state index < -0.39 is 23.9 Å². The van der Waals surface area contributed by atoms with Gasteiger partial charge in [0.2, 0.25) is 0 Å². The van der Waals surface area contributed by atoms with E-state index >= 15 is 0 Å². The molecule has 1 aliphatic heterocycles. The summed E-state index contributed by atoms with van der Waals surface area (Å²) in [6.07, 6.45) is -1.59. The van der Waals surface area contributed by atoms with Crippen molar-refractivity contribution >= 4 is 17.9 Å². The molecule has 0 bridgehead atoms. The predicted molar refractivity (Wildman–Crippen MR) is 86.6 cm³/mol. The van der Waals surface area contributed by atoms with E-state index in [0.717, 1.165) is 0 Å². The molecule has 2 amide bonds. The Labute approximate surface area is 140 Å². The highest BCUT2D eigenvalue weighted by Crippen LogP contribution is 2.39. The number of hydrogen-bond donors (Lipinski definition) is 2. The number of carbonyl (C=O) groups is 2. The molecule has 24 heavy (non-hydrogen) atoms. The van der Waals surface area contributed by atoms with Gasteiger partial charge in [-0.25, -0.2) is 9.59 Å². The Bertz CT molecular complexity index is 638. The van der Waals surface area contributed by atoms with Gasteiger partial charge < -0.3 is 24.3 Å². The lowest BCUT2D eigenvalue weighted by Gasteiger charge is -2.21. The fourth-order valence-electron chi connectivity index (χ4n) is 2.25. The van der Waals surface area contributed by atoms with Crippen LogP contribution in [0.5, 0.6) is 11.5 Å². The minimum atomic E-state index is -0.635. The Kier molecular flexibility index (Phi) is 5.06. The molecule has 1 heterocycles. The Morgan fingerprint density at radius 1 is 1.29 bits per heavy atom. The van der Waals surface area contributed by atoms with Gasteiger partial charge in [0.25, 0.3) is 0 Å². The van der Waals surface area contributed by atoms with E-state index in [-0.39, 0.29) is 0 Å². The number of cyclic esters (lactones) is 1. The van der Waals surface area contributed by atoms with Crippen molar-refractivity contribution in [3.05, 3.63) is 17.7 Å². The molecule has 2 N–H and O–H groups in total. The highest BCUT2D eigenvalue weighted by Gasteiger charge is 2.27. The lowest BCUT2D eigenvalue weighted by molar-refractivity contribution is 0.0635. The van der Waals surface area contributed by atoms with Gasteiger partial charge in [-0.3, -0.25) is 5.32 Å². The Balaban J connectivity index is 2.33. The van der Waals surface area contributed by atoms with Crippen molar-refractivity contribution in [3.8, 4) is 11.5 Å². The SMILES string of the molecule is COc1cc(C2CNC(=O)O2)cc(NC(=O)OC(C)(C)C)c1OC. The largest absolute Gasteiger partial charge is 0.493 e. The number of benzene rings is 1. The molecule has 0 spiro atoms. The monoisotopic (exact) mass is 338 g/mol. The molecule has 1 saturated heterocycles. The fraction of sp³-hybridized carbons (Fsp3) is 0.500. The van der Waals surface area contributed by atoms with E-state index in [4.69, 9.17) is 18.9 Å². The number of ether oxygens (including phenoxy) is 4. The predicted octanol–water partition coefficient (Wildman–Crippen LogP) is 2.83. The van der Waals surface area contributed by atoms with Crippen molar-refractivity contribution in [1.29, 1.82) is 0 Å². The van der Waals surface area contributed by atoms with Crippen molar-refractivity contribution < 1.29 is 28.5 Å². The molecule has 0 radical (unpaired) electrons. The van der Waals surface area contributed by atoms with Gasteiger partial charge >= 0.3 is 12.2 Å². The normalized spacial score (nSPS) is 16.9. The second-order valence-corrected chi connectivity index (χ2v) is 6.21. The summed E-state index contributed by atoms with van der Waals surface area (Å²) in [5.74, 6) is 0.758. The van der Waals surface area contributed by atoms with E-state index in [2.05, 4.69) is 10.6 Å². The third kappa shape index (κ3) is 4.21. The molecule has 0 aliphatic carbocycles. The first-order valence-electron chi connectivity index (χ1n) is 7.44. The average Bonchev–Trinajstić information content (AvgIpc) is 2.90. The van der Waals surface area contributed by atoms with Gasteiger partial charge in [0.05, 0.1) is 26.5 Å². The number of amides is 2. The third-order valence-electron chi connectivity index (χ3n) is 3.19. The molecule has 1 aliphatic rings. The minimum Gasteiger partial charge on any atom is -0.493 e. The quantitative estimate of drug-likeness (QED) is 0.876. The maximum Gasteiger partial charge on any atom is 0.412 e. The smallest absolute Gasteiger partial charge is 0.412 e. The molecule has 1 fully saturated rings. The van der Waals surface area contributed by atoms with Crippen LogP contribution in [0, 0.1) is 0 Å². The van der Waals surface area contributed by atoms with Gasteiger partial charge in [-0.05, 0) is 32.9 Å². The van der Waals surface area contributed by atoms with E-state index in [1.54, 1.807) is 32.9 Å². The topological polar surface area (TPSA) is 95.1 Å². The molecule has 8 nitrogen and oxygen atoms in total. The zero-order valence-corrected chi connectivity index (χ0v) is 14.4. The molecule has 1 atom stereocenters. The molecule has 2 rings (SSSR count). The summed E-state index contributed by atoms with van der Waals surface area (Å²) in [6, 6.07) is 3.36. The zero-order chi connectivity index (χ0) is 17.9. The number of anilines is 1. The number of carbonyl (C=O) groups excluding carboxylic acids is 2. The van der Waals surface area contributed by atoms with Crippen LogP contribution in [-0.2, 0) is 9.47 Å². The number of hydrogen-bond acceptors (Lipinski definition) is 6. The van der Waals surface area contributed by atoms with Crippen molar-refractivity contribution in [2.24, 2.45) is 0 Å². The number of methoxy groups -OCH3 is 2. The molecular weight excluding hydrogens is 316 g/mol. The van der Waals surface area contributed by atoms with Crippen LogP contribution in [0.3, 0.4) is 0 Å². The van der Waals surface area contributed by atoms with Gasteiger partial charge in [0.15, 0.2) is 11.5 Å². The Morgan fingerprint density at radius 3 is 2.50 bits per heavy atom. The van der Waals surface area contributed by atoms with E-state index in [0.29, 0.717) is 29.3 Å².